The van der Waals surface area contributed by atoms with Crippen LogP contribution < -0.4 is 5.73 Å². The van der Waals surface area contributed by atoms with Crippen LogP contribution in [0.3, 0.4) is 0 Å². The van der Waals surface area contributed by atoms with Gasteiger partial charge in [0.15, 0.2) is 0 Å². The number of alkyl halides is 1. The van der Waals surface area contributed by atoms with Gasteiger partial charge in [0.1, 0.15) is 0 Å². The molecule has 0 heterocycles. The van der Waals surface area contributed by atoms with Crippen LogP contribution >= 0.6 is 11.6 Å². The summed E-state index contributed by atoms with van der Waals surface area (Å²) in [5.41, 5.74) is 6.09. The van der Waals surface area contributed by atoms with Gasteiger partial charge in [-0.15, -0.1) is 11.6 Å². The molecule has 1 aliphatic carbocycles. The second-order valence-electron chi connectivity index (χ2n) is 4.29. The first kappa shape index (κ1) is 9.34. The van der Waals surface area contributed by atoms with E-state index in [-0.39, 0.29) is 0 Å². The zero-order chi connectivity index (χ0) is 8.65. The van der Waals surface area contributed by atoms with Crippen molar-refractivity contribution in [2.45, 2.75) is 32.6 Å². The molecule has 0 aromatic rings. The second-order valence-corrected chi connectivity index (χ2v) is 5.03. The zero-order valence-corrected chi connectivity index (χ0v) is 8.36. The van der Waals surface area contributed by atoms with Crippen LogP contribution in [-0.2, 0) is 0 Å². The molecule has 1 nitrogen and oxygen atoms in total. The van der Waals surface area contributed by atoms with Gasteiger partial charge in [0.2, 0.25) is 0 Å². The number of halogens is 1. The Hall–Kier alpha value is 0.250. The average molecular weight is 176 g/mol. The molecule has 1 fully saturated rings. The van der Waals surface area contributed by atoms with Crippen LogP contribution in [0.5, 0.6) is 0 Å². The molecule has 1 rings (SSSR count). The van der Waals surface area contributed by atoms with Crippen LogP contribution in [0.25, 0.3) is 0 Å². The fourth-order valence-electron chi connectivity index (χ4n) is 2.14. The lowest BCUT2D eigenvalue weighted by Gasteiger charge is -2.03. The van der Waals surface area contributed by atoms with Crippen LogP contribution in [0.2, 0.25) is 0 Å². The fourth-order valence-corrected chi connectivity index (χ4v) is 2.34. The average Bonchev–Trinajstić information content (AvgIpc) is 2.33. The van der Waals surface area contributed by atoms with Crippen LogP contribution in [0.4, 0.5) is 0 Å². The van der Waals surface area contributed by atoms with E-state index in [9.17, 15) is 0 Å². The van der Waals surface area contributed by atoms with Crippen molar-refractivity contribution in [1.29, 1.82) is 0 Å². The van der Waals surface area contributed by atoms with Gasteiger partial charge >= 0.3 is 0 Å². The van der Waals surface area contributed by atoms with Gasteiger partial charge in [-0.2, -0.15) is 0 Å². The van der Waals surface area contributed by atoms with Gasteiger partial charge in [0.05, 0.1) is 0 Å². The largest absolute Gasteiger partial charge is 0.330 e. The maximum atomic E-state index is 5.92. The Morgan fingerprint density at radius 2 is 2.00 bits per heavy atom. The number of rotatable bonds is 3. The fraction of sp³-hybridized carbons (Fsp3) is 1.00. The minimum absolute atomic E-state index is 0.302. The summed E-state index contributed by atoms with van der Waals surface area (Å²) < 4.78 is 0. The van der Waals surface area contributed by atoms with E-state index in [0.717, 1.165) is 18.9 Å². The summed E-state index contributed by atoms with van der Waals surface area (Å²) in [6, 6.07) is 0. The summed E-state index contributed by atoms with van der Waals surface area (Å²) in [5, 5.41) is 0.302. The molecule has 66 valence electrons. The Bertz CT molecular complexity index is 142. The molecule has 3 atom stereocenters. The van der Waals surface area contributed by atoms with Gasteiger partial charge in [-0.1, -0.05) is 13.8 Å². The monoisotopic (exact) mass is 175 g/mol. The number of hydrogen-bond donors (Lipinski definition) is 1. The quantitative estimate of drug-likeness (QED) is 0.655. The van der Waals surface area contributed by atoms with Crippen molar-refractivity contribution in [2.24, 2.45) is 23.0 Å². The molecule has 0 aromatic heterocycles. The topological polar surface area (TPSA) is 26.0 Å². The molecule has 0 radical (unpaired) electrons. The van der Waals surface area contributed by atoms with E-state index in [2.05, 4.69) is 20.8 Å². The van der Waals surface area contributed by atoms with Crippen LogP contribution in [-0.4, -0.2) is 11.9 Å². The Kier molecular flexibility index (Phi) is 2.50. The summed E-state index contributed by atoms with van der Waals surface area (Å²) in [7, 11) is 0. The molecule has 0 unspecified atom stereocenters. The lowest BCUT2D eigenvalue weighted by Crippen LogP contribution is -2.05. The first-order valence-electron chi connectivity index (χ1n) is 4.34. The van der Waals surface area contributed by atoms with Gasteiger partial charge in [-0.25, -0.2) is 0 Å². The minimum Gasteiger partial charge on any atom is -0.330 e. The highest BCUT2D eigenvalue weighted by atomic mass is 35.5. The van der Waals surface area contributed by atoms with Crippen molar-refractivity contribution in [2.75, 3.05) is 6.54 Å². The van der Waals surface area contributed by atoms with Gasteiger partial charge < -0.3 is 5.73 Å². The highest BCUT2D eigenvalue weighted by molar-refractivity contribution is 6.20. The molecule has 11 heavy (non-hydrogen) atoms. The third kappa shape index (κ3) is 1.70. The number of nitrogens with two attached hydrogens (primary N) is 1. The summed E-state index contributed by atoms with van der Waals surface area (Å²) in [6.45, 7) is 7.45. The van der Waals surface area contributed by atoms with Crippen molar-refractivity contribution < 1.29 is 0 Å². The Labute approximate surface area is 74.3 Å². The smallest absolute Gasteiger partial charge is 0.0310 e. The van der Waals surface area contributed by atoms with Crippen molar-refractivity contribution in [3.63, 3.8) is 0 Å². The standard InChI is InChI=1S/C9H18ClN/c1-6(10)4-7-8(5-11)9(7,2)3/h6-8H,4-5,11H2,1-3H3/t6-,7-,8+/m1/s1. The van der Waals surface area contributed by atoms with Crippen LogP contribution in [0.1, 0.15) is 27.2 Å². The lowest BCUT2D eigenvalue weighted by molar-refractivity contribution is 0.521. The summed E-state index contributed by atoms with van der Waals surface area (Å²) in [5.74, 6) is 1.48. The molecule has 0 aromatic carbocycles. The van der Waals surface area contributed by atoms with E-state index in [1.54, 1.807) is 0 Å². The zero-order valence-electron chi connectivity index (χ0n) is 7.60. The molecule has 0 saturated heterocycles. The van der Waals surface area contributed by atoms with E-state index in [0.29, 0.717) is 16.7 Å². The molecular weight excluding hydrogens is 158 g/mol. The normalized spacial score (nSPS) is 36.8. The second kappa shape index (κ2) is 2.95. The SMILES string of the molecule is C[C@@H](Cl)C[C@@H]1[C@H](CN)C1(C)C. The van der Waals surface area contributed by atoms with E-state index < -0.39 is 0 Å². The molecule has 0 aliphatic heterocycles. The molecule has 2 heteroatoms. The van der Waals surface area contributed by atoms with E-state index in [1.165, 1.54) is 0 Å². The van der Waals surface area contributed by atoms with Crippen molar-refractivity contribution in [3.8, 4) is 0 Å². The summed E-state index contributed by atoms with van der Waals surface area (Å²) in [4.78, 5) is 0. The molecule has 1 saturated carbocycles. The third-order valence-corrected chi connectivity index (χ3v) is 3.30. The molecule has 0 bridgehead atoms. The predicted octanol–water partition coefficient (Wildman–Crippen LogP) is 2.23. The van der Waals surface area contributed by atoms with Crippen molar-refractivity contribution in [1.82, 2.24) is 0 Å². The van der Waals surface area contributed by atoms with E-state index in [4.69, 9.17) is 17.3 Å². The Morgan fingerprint density at radius 1 is 1.45 bits per heavy atom. The van der Waals surface area contributed by atoms with Crippen molar-refractivity contribution in [3.05, 3.63) is 0 Å². The molecule has 0 spiro atoms. The first-order valence-corrected chi connectivity index (χ1v) is 4.78. The lowest BCUT2D eigenvalue weighted by atomic mass is 10.1. The molecule has 0 amide bonds. The maximum Gasteiger partial charge on any atom is 0.0310 e. The predicted molar refractivity (Wildman–Crippen MR) is 49.7 cm³/mol. The maximum absolute atomic E-state index is 5.92. The van der Waals surface area contributed by atoms with Crippen LogP contribution in [0, 0.1) is 17.3 Å². The summed E-state index contributed by atoms with van der Waals surface area (Å²) >= 11 is 5.92. The number of hydrogen-bond acceptors (Lipinski definition) is 1. The van der Waals surface area contributed by atoms with Gasteiger partial charge in [0.25, 0.3) is 0 Å². The van der Waals surface area contributed by atoms with Crippen molar-refractivity contribution >= 4 is 11.6 Å². The van der Waals surface area contributed by atoms with E-state index in [1.807, 2.05) is 0 Å². The first-order chi connectivity index (χ1) is 5.00. The van der Waals surface area contributed by atoms with Gasteiger partial charge in [0, 0.05) is 5.38 Å². The van der Waals surface area contributed by atoms with Crippen LogP contribution in [0.15, 0.2) is 0 Å². The molecule has 2 N–H and O–H groups in total. The highest BCUT2D eigenvalue weighted by Gasteiger charge is 2.56. The Morgan fingerprint density at radius 3 is 2.27 bits per heavy atom. The van der Waals surface area contributed by atoms with Gasteiger partial charge in [-0.3, -0.25) is 0 Å². The highest BCUT2D eigenvalue weighted by Crippen LogP contribution is 2.59. The Balaban J connectivity index is 2.39. The van der Waals surface area contributed by atoms with E-state index >= 15 is 0 Å². The minimum atomic E-state index is 0.302. The third-order valence-electron chi connectivity index (χ3n) is 3.12. The summed E-state index contributed by atoms with van der Waals surface area (Å²) in [6.07, 6.45) is 1.12. The molecule has 1 aliphatic rings. The molecular formula is C9H18ClN. The van der Waals surface area contributed by atoms with Gasteiger partial charge in [-0.05, 0) is 37.1 Å².